The third-order valence-electron chi connectivity index (χ3n) is 3.08. The van der Waals surface area contributed by atoms with Crippen LogP contribution < -0.4 is 20.5 Å². The van der Waals surface area contributed by atoms with Gasteiger partial charge in [0.1, 0.15) is 0 Å². The lowest BCUT2D eigenvalue weighted by molar-refractivity contribution is 0.355. The van der Waals surface area contributed by atoms with Gasteiger partial charge in [0.15, 0.2) is 11.5 Å². The highest BCUT2D eigenvalue weighted by molar-refractivity contribution is 5.71. The minimum Gasteiger partial charge on any atom is -0.493 e. The Labute approximate surface area is 116 Å². The van der Waals surface area contributed by atoms with Gasteiger partial charge in [-0.25, -0.2) is 0 Å². The van der Waals surface area contributed by atoms with Crippen LogP contribution in [0, 0.1) is 5.92 Å². The number of unbranched alkanes of at least 4 members (excludes halogenated alkanes) is 1. The molecular formula is C15H26N2O2. The lowest BCUT2D eigenvalue weighted by Gasteiger charge is -2.14. The molecule has 0 radical (unpaired) electrons. The van der Waals surface area contributed by atoms with E-state index in [-0.39, 0.29) is 0 Å². The second kappa shape index (κ2) is 7.77. The van der Waals surface area contributed by atoms with Crippen molar-refractivity contribution in [3.8, 4) is 11.5 Å². The van der Waals surface area contributed by atoms with E-state index >= 15 is 0 Å². The molecule has 4 nitrogen and oxygen atoms in total. The molecule has 3 N–H and O–H groups in total. The van der Waals surface area contributed by atoms with E-state index < -0.39 is 0 Å². The van der Waals surface area contributed by atoms with Gasteiger partial charge in [0.05, 0.1) is 25.6 Å². The number of rotatable bonds is 8. The molecule has 0 saturated heterocycles. The largest absolute Gasteiger partial charge is 0.493 e. The number of methoxy groups -OCH3 is 2. The number of benzene rings is 1. The van der Waals surface area contributed by atoms with Gasteiger partial charge in [0.25, 0.3) is 0 Å². The van der Waals surface area contributed by atoms with E-state index in [0.29, 0.717) is 17.2 Å². The van der Waals surface area contributed by atoms with Gasteiger partial charge >= 0.3 is 0 Å². The summed E-state index contributed by atoms with van der Waals surface area (Å²) in [7, 11) is 3.23. The summed E-state index contributed by atoms with van der Waals surface area (Å²) in [4.78, 5) is 0. The van der Waals surface area contributed by atoms with Gasteiger partial charge in [-0.1, -0.05) is 26.7 Å². The van der Waals surface area contributed by atoms with E-state index in [9.17, 15) is 0 Å². The molecule has 0 aromatic heterocycles. The zero-order chi connectivity index (χ0) is 14.3. The predicted octanol–water partition coefficient (Wildman–Crippen LogP) is 3.52. The Kier molecular flexibility index (Phi) is 6.33. The number of nitrogen functional groups attached to an aromatic ring is 1. The average molecular weight is 266 g/mol. The van der Waals surface area contributed by atoms with Gasteiger partial charge in [0, 0.05) is 18.7 Å². The van der Waals surface area contributed by atoms with Crippen molar-refractivity contribution in [3.05, 3.63) is 12.1 Å². The third kappa shape index (κ3) is 4.89. The SMILES string of the molecule is COc1cc(N)c(NCCCCC(C)C)cc1OC. The molecule has 1 rings (SSSR count). The van der Waals surface area contributed by atoms with Crippen LogP contribution in [0.5, 0.6) is 11.5 Å². The van der Waals surface area contributed by atoms with Crippen LogP contribution in [-0.4, -0.2) is 20.8 Å². The van der Waals surface area contributed by atoms with Gasteiger partial charge in [-0.05, 0) is 12.3 Å². The summed E-state index contributed by atoms with van der Waals surface area (Å²) in [6.07, 6.45) is 3.65. The normalized spacial score (nSPS) is 10.6. The van der Waals surface area contributed by atoms with Gasteiger partial charge in [-0.15, -0.1) is 0 Å². The topological polar surface area (TPSA) is 56.5 Å². The fraction of sp³-hybridized carbons (Fsp3) is 0.600. The second-order valence-electron chi connectivity index (χ2n) is 5.11. The molecule has 0 aliphatic heterocycles. The summed E-state index contributed by atoms with van der Waals surface area (Å²) in [5.41, 5.74) is 7.57. The first-order valence-electron chi connectivity index (χ1n) is 6.83. The van der Waals surface area contributed by atoms with Crippen molar-refractivity contribution in [1.82, 2.24) is 0 Å². The van der Waals surface area contributed by atoms with Crippen LogP contribution in [0.3, 0.4) is 0 Å². The second-order valence-corrected chi connectivity index (χ2v) is 5.11. The van der Waals surface area contributed by atoms with Crippen molar-refractivity contribution in [1.29, 1.82) is 0 Å². The maximum absolute atomic E-state index is 5.99. The van der Waals surface area contributed by atoms with E-state index in [0.717, 1.165) is 24.6 Å². The van der Waals surface area contributed by atoms with Crippen molar-refractivity contribution in [2.24, 2.45) is 5.92 Å². The molecule has 0 bridgehead atoms. The lowest BCUT2D eigenvalue weighted by Crippen LogP contribution is -2.05. The molecule has 0 saturated carbocycles. The van der Waals surface area contributed by atoms with Gasteiger partial charge in [0.2, 0.25) is 0 Å². The lowest BCUT2D eigenvalue weighted by atomic mass is 10.1. The summed E-state index contributed by atoms with van der Waals surface area (Å²) >= 11 is 0. The molecule has 0 unspecified atom stereocenters. The van der Waals surface area contributed by atoms with Gasteiger partial charge in [-0.3, -0.25) is 0 Å². The van der Waals surface area contributed by atoms with Crippen LogP contribution in [0.2, 0.25) is 0 Å². The Bertz CT molecular complexity index is 392. The van der Waals surface area contributed by atoms with E-state index in [4.69, 9.17) is 15.2 Å². The molecular weight excluding hydrogens is 240 g/mol. The van der Waals surface area contributed by atoms with Crippen LogP contribution >= 0.6 is 0 Å². The van der Waals surface area contributed by atoms with E-state index in [1.54, 1.807) is 20.3 Å². The number of anilines is 2. The summed E-state index contributed by atoms with van der Waals surface area (Å²) in [6.45, 7) is 5.42. The summed E-state index contributed by atoms with van der Waals surface area (Å²) in [6, 6.07) is 3.67. The first-order chi connectivity index (χ1) is 9.08. The molecule has 1 aromatic rings. The van der Waals surface area contributed by atoms with E-state index in [1.165, 1.54) is 12.8 Å². The fourth-order valence-electron chi connectivity index (χ4n) is 1.95. The van der Waals surface area contributed by atoms with Crippen LogP contribution in [0.15, 0.2) is 12.1 Å². The zero-order valence-corrected chi connectivity index (χ0v) is 12.5. The minimum absolute atomic E-state index is 0.658. The molecule has 0 fully saturated rings. The molecule has 0 aliphatic rings. The Hall–Kier alpha value is -1.58. The van der Waals surface area contributed by atoms with Crippen molar-refractivity contribution >= 4 is 11.4 Å². The Morgan fingerprint density at radius 2 is 1.74 bits per heavy atom. The van der Waals surface area contributed by atoms with Gasteiger partial charge < -0.3 is 20.5 Å². The van der Waals surface area contributed by atoms with E-state index in [1.807, 2.05) is 6.07 Å². The van der Waals surface area contributed by atoms with Crippen molar-refractivity contribution in [2.75, 3.05) is 31.8 Å². The zero-order valence-electron chi connectivity index (χ0n) is 12.5. The van der Waals surface area contributed by atoms with Crippen LogP contribution in [-0.2, 0) is 0 Å². The number of nitrogens with one attached hydrogen (secondary N) is 1. The highest BCUT2D eigenvalue weighted by Gasteiger charge is 2.08. The third-order valence-corrected chi connectivity index (χ3v) is 3.08. The van der Waals surface area contributed by atoms with Gasteiger partial charge in [-0.2, -0.15) is 0 Å². The first-order valence-corrected chi connectivity index (χ1v) is 6.83. The Balaban J connectivity index is 2.53. The molecule has 0 aliphatic carbocycles. The van der Waals surface area contributed by atoms with Crippen LogP contribution in [0.1, 0.15) is 33.1 Å². The van der Waals surface area contributed by atoms with Crippen molar-refractivity contribution in [3.63, 3.8) is 0 Å². The molecule has 0 heterocycles. The van der Waals surface area contributed by atoms with E-state index in [2.05, 4.69) is 19.2 Å². The summed E-state index contributed by atoms with van der Waals surface area (Å²) < 4.78 is 10.5. The summed E-state index contributed by atoms with van der Waals surface area (Å²) in [5, 5.41) is 3.35. The van der Waals surface area contributed by atoms with Crippen molar-refractivity contribution < 1.29 is 9.47 Å². The number of hydrogen-bond acceptors (Lipinski definition) is 4. The highest BCUT2D eigenvalue weighted by atomic mass is 16.5. The maximum Gasteiger partial charge on any atom is 0.162 e. The molecule has 1 aromatic carbocycles. The molecule has 0 amide bonds. The molecule has 4 heteroatoms. The minimum atomic E-state index is 0.658. The molecule has 108 valence electrons. The van der Waals surface area contributed by atoms with Crippen molar-refractivity contribution in [2.45, 2.75) is 33.1 Å². The molecule has 0 spiro atoms. The number of hydrogen-bond donors (Lipinski definition) is 2. The molecule has 19 heavy (non-hydrogen) atoms. The monoisotopic (exact) mass is 266 g/mol. The predicted molar refractivity (Wildman–Crippen MR) is 81.1 cm³/mol. The average Bonchev–Trinajstić information content (AvgIpc) is 2.39. The Morgan fingerprint density at radius 1 is 1.11 bits per heavy atom. The Morgan fingerprint density at radius 3 is 2.32 bits per heavy atom. The first kappa shape index (κ1) is 15.5. The van der Waals surface area contributed by atoms with Crippen LogP contribution in [0.4, 0.5) is 11.4 Å². The fourth-order valence-corrected chi connectivity index (χ4v) is 1.95. The smallest absolute Gasteiger partial charge is 0.162 e. The number of nitrogens with two attached hydrogens (primary N) is 1. The number of ether oxygens (including phenoxy) is 2. The molecule has 0 atom stereocenters. The standard InChI is InChI=1S/C15H26N2O2/c1-11(2)7-5-6-8-17-13-10-15(19-4)14(18-3)9-12(13)16/h9-11,17H,5-8,16H2,1-4H3. The highest BCUT2D eigenvalue weighted by Crippen LogP contribution is 2.34. The van der Waals surface area contributed by atoms with Crippen LogP contribution in [0.25, 0.3) is 0 Å². The summed E-state index contributed by atoms with van der Waals surface area (Å²) in [5.74, 6) is 2.12. The maximum atomic E-state index is 5.99. The quantitative estimate of drug-likeness (QED) is 0.558.